The average Bonchev–Trinajstić information content (AvgIpc) is 3.41. The Morgan fingerprint density at radius 2 is 1.83 bits per heavy atom. The van der Waals surface area contributed by atoms with E-state index >= 15 is 0 Å². The van der Waals surface area contributed by atoms with Crippen molar-refractivity contribution in [3.8, 4) is 5.69 Å². The molecule has 0 fully saturated rings. The first-order valence-electron chi connectivity index (χ1n) is 9.64. The van der Waals surface area contributed by atoms with Gasteiger partial charge in [0, 0.05) is 16.8 Å². The number of hydrogen-bond donors (Lipinski definition) is 1. The third-order valence-corrected chi connectivity index (χ3v) is 6.27. The smallest absolute Gasteiger partial charge is 0.318 e. The van der Waals surface area contributed by atoms with Crippen molar-refractivity contribution in [2.24, 2.45) is 0 Å². The van der Waals surface area contributed by atoms with Gasteiger partial charge in [-0.05, 0) is 54.3 Å². The molecular formula is C24H21N3OS. The molecule has 2 aromatic carbocycles. The van der Waals surface area contributed by atoms with Crippen molar-refractivity contribution in [3.05, 3.63) is 106 Å². The third-order valence-electron chi connectivity index (χ3n) is 5.34. The van der Waals surface area contributed by atoms with Gasteiger partial charge in [0.1, 0.15) is 6.04 Å². The molecule has 144 valence electrons. The van der Waals surface area contributed by atoms with Gasteiger partial charge in [0.2, 0.25) is 0 Å². The Morgan fingerprint density at radius 1 is 1.00 bits per heavy atom. The average molecular weight is 400 g/mol. The lowest BCUT2D eigenvalue weighted by Crippen LogP contribution is -2.37. The van der Waals surface area contributed by atoms with E-state index in [2.05, 4.69) is 45.7 Å². The van der Waals surface area contributed by atoms with Crippen molar-refractivity contribution in [1.29, 1.82) is 0 Å². The number of carbonyl (C=O) groups is 1. The summed E-state index contributed by atoms with van der Waals surface area (Å²) in [5, 5.41) is 5.16. The number of nitrogens with zero attached hydrogens (tertiary/aromatic N) is 2. The summed E-state index contributed by atoms with van der Waals surface area (Å²) in [5.74, 6) is 0. The maximum atomic E-state index is 13.5. The quantitative estimate of drug-likeness (QED) is 0.442. The van der Waals surface area contributed by atoms with Crippen LogP contribution in [0.3, 0.4) is 0 Å². The molecule has 3 heterocycles. The first-order valence-corrected chi connectivity index (χ1v) is 10.5. The Bertz CT molecular complexity index is 1150. The second-order valence-corrected chi connectivity index (χ2v) is 8.25. The molecule has 4 aromatic rings. The van der Waals surface area contributed by atoms with Gasteiger partial charge in [0.05, 0.1) is 17.9 Å². The van der Waals surface area contributed by atoms with Gasteiger partial charge >= 0.3 is 6.03 Å². The van der Waals surface area contributed by atoms with Crippen LogP contribution in [-0.2, 0) is 6.54 Å². The molecule has 0 bridgehead atoms. The summed E-state index contributed by atoms with van der Waals surface area (Å²) in [5.41, 5.74) is 5.32. The van der Waals surface area contributed by atoms with Gasteiger partial charge in [0.25, 0.3) is 0 Å². The van der Waals surface area contributed by atoms with Crippen molar-refractivity contribution in [1.82, 2.24) is 9.47 Å². The van der Waals surface area contributed by atoms with Gasteiger partial charge in [-0.3, -0.25) is 0 Å². The number of rotatable bonds is 2. The molecule has 1 atom stereocenters. The lowest BCUT2D eigenvalue weighted by atomic mass is 10.1. The molecule has 0 radical (unpaired) electrons. The number of benzene rings is 2. The predicted molar refractivity (Wildman–Crippen MR) is 118 cm³/mol. The molecule has 1 aliphatic heterocycles. The second-order valence-electron chi connectivity index (χ2n) is 7.27. The monoisotopic (exact) mass is 399 g/mol. The van der Waals surface area contributed by atoms with Crippen LogP contribution in [0.1, 0.15) is 27.7 Å². The normalized spacial score (nSPS) is 15.3. The zero-order valence-electron chi connectivity index (χ0n) is 16.1. The summed E-state index contributed by atoms with van der Waals surface area (Å²) >= 11 is 1.68. The summed E-state index contributed by atoms with van der Waals surface area (Å²) in [7, 11) is 0. The summed E-state index contributed by atoms with van der Waals surface area (Å²) in [6.45, 7) is 2.58. The molecule has 29 heavy (non-hydrogen) atoms. The molecule has 1 N–H and O–H groups in total. The SMILES string of the molecule is Cc1ccc(NC(=O)N2Cc3ccccc3-n3cccc3[C@@H]2c2cccs2)cc1. The number of aromatic nitrogens is 1. The highest BCUT2D eigenvalue weighted by Crippen LogP contribution is 2.38. The van der Waals surface area contributed by atoms with E-state index in [1.165, 1.54) is 5.56 Å². The highest BCUT2D eigenvalue weighted by molar-refractivity contribution is 7.10. The summed E-state index contributed by atoms with van der Waals surface area (Å²) in [6, 6.07) is 24.3. The lowest BCUT2D eigenvalue weighted by molar-refractivity contribution is 0.195. The lowest BCUT2D eigenvalue weighted by Gasteiger charge is -2.30. The number of carbonyl (C=O) groups excluding carboxylic acids is 1. The molecule has 0 aliphatic carbocycles. The fourth-order valence-electron chi connectivity index (χ4n) is 3.92. The standard InChI is InChI=1S/C24H21N3OS/c1-17-10-12-19(13-11-17)25-24(28)27-16-18-6-2-3-7-20(18)26-14-4-8-21(26)23(27)22-9-5-15-29-22/h2-15,23H,16H2,1H3,(H,25,28)/t23-/m1/s1. The van der Waals surface area contributed by atoms with Gasteiger partial charge in [-0.2, -0.15) is 0 Å². The largest absolute Gasteiger partial charge is 0.323 e. The number of thiophene rings is 1. The zero-order valence-corrected chi connectivity index (χ0v) is 16.9. The first-order chi connectivity index (χ1) is 14.2. The Balaban J connectivity index is 1.60. The minimum Gasteiger partial charge on any atom is -0.318 e. The van der Waals surface area contributed by atoms with E-state index in [-0.39, 0.29) is 12.1 Å². The highest BCUT2D eigenvalue weighted by atomic mass is 32.1. The highest BCUT2D eigenvalue weighted by Gasteiger charge is 2.33. The van der Waals surface area contributed by atoms with Crippen LogP contribution in [-0.4, -0.2) is 15.5 Å². The van der Waals surface area contributed by atoms with E-state index in [0.717, 1.165) is 27.5 Å². The maximum absolute atomic E-state index is 13.5. The zero-order chi connectivity index (χ0) is 19.8. The van der Waals surface area contributed by atoms with E-state index in [1.807, 2.05) is 60.4 Å². The Labute approximate surface area is 174 Å². The van der Waals surface area contributed by atoms with Gasteiger partial charge in [-0.25, -0.2) is 4.79 Å². The molecule has 5 rings (SSSR count). The summed E-state index contributed by atoms with van der Waals surface area (Å²) < 4.78 is 2.21. The molecule has 0 unspecified atom stereocenters. The number of aryl methyl sites for hydroxylation is 1. The van der Waals surface area contributed by atoms with E-state index in [9.17, 15) is 4.79 Å². The predicted octanol–water partition coefficient (Wildman–Crippen LogP) is 5.98. The Morgan fingerprint density at radius 3 is 2.62 bits per heavy atom. The van der Waals surface area contributed by atoms with Crippen molar-refractivity contribution in [2.45, 2.75) is 19.5 Å². The van der Waals surface area contributed by atoms with Crippen LogP contribution in [0.5, 0.6) is 0 Å². The molecule has 5 heteroatoms. The fourth-order valence-corrected chi connectivity index (χ4v) is 4.77. The summed E-state index contributed by atoms with van der Waals surface area (Å²) in [4.78, 5) is 16.5. The van der Waals surface area contributed by atoms with E-state index in [1.54, 1.807) is 11.3 Å². The number of nitrogens with one attached hydrogen (secondary N) is 1. The van der Waals surface area contributed by atoms with E-state index in [0.29, 0.717) is 6.54 Å². The van der Waals surface area contributed by atoms with Crippen molar-refractivity contribution >= 4 is 23.1 Å². The van der Waals surface area contributed by atoms with Gasteiger partial charge in [-0.15, -0.1) is 11.3 Å². The number of hydrogen-bond acceptors (Lipinski definition) is 2. The number of fused-ring (bicyclic) bond motifs is 3. The van der Waals surface area contributed by atoms with E-state index < -0.39 is 0 Å². The maximum Gasteiger partial charge on any atom is 0.323 e. The molecule has 2 amide bonds. The van der Waals surface area contributed by atoms with Gasteiger partial charge in [0.15, 0.2) is 0 Å². The molecular weight excluding hydrogens is 378 g/mol. The molecule has 0 spiro atoms. The van der Waals surface area contributed by atoms with Gasteiger partial charge in [-0.1, -0.05) is 42.0 Å². The second kappa shape index (κ2) is 7.26. The van der Waals surface area contributed by atoms with Crippen LogP contribution in [0.25, 0.3) is 5.69 Å². The number of amides is 2. The van der Waals surface area contributed by atoms with E-state index in [4.69, 9.17) is 0 Å². The minimum absolute atomic E-state index is 0.100. The minimum atomic E-state index is -0.150. The van der Waals surface area contributed by atoms with Crippen molar-refractivity contribution < 1.29 is 4.79 Å². The number of para-hydroxylation sites is 1. The number of urea groups is 1. The molecule has 0 saturated carbocycles. The van der Waals surface area contributed by atoms with Gasteiger partial charge < -0.3 is 14.8 Å². The Hall–Kier alpha value is -3.31. The first kappa shape index (κ1) is 17.8. The Kier molecular flexibility index (Phi) is 4.45. The van der Waals surface area contributed by atoms with Crippen LogP contribution >= 0.6 is 11.3 Å². The van der Waals surface area contributed by atoms with Crippen LogP contribution in [0.15, 0.2) is 84.4 Å². The third kappa shape index (κ3) is 3.23. The molecule has 4 nitrogen and oxygen atoms in total. The molecule has 1 aliphatic rings. The van der Waals surface area contributed by atoms with Crippen LogP contribution in [0.4, 0.5) is 10.5 Å². The van der Waals surface area contributed by atoms with Crippen molar-refractivity contribution in [2.75, 3.05) is 5.32 Å². The van der Waals surface area contributed by atoms with Crippen molar-refractivity contribution in [3.63, 3.8) is 0 Å². The number of anilines is 1. The van der Waals surface area contributed by atoms with Crippen LogP contribution in [0.2, 0.25) is 0 Å². The van der Waals surface area contributed by atoms with Crippen LogP contribution in [0, 0.1) is 6.92 Å². The fraction of sp³-hybridized carbons (Fsp3) is 0.125. The molecule has 0 saturated heterocycles. The molecule has 2 aromatic heterocycles. The van der Waals surface area contributed by atoms with Crippen LogP contribution < -0.4 is 5.32 Å². The summed E-state index contributed by atoms with van der Waals surface area (Å²) in [6.07, 6.45) is 2.08. The topological polar surface area (TPSA) is 37.3 Å².